The van der Waals surface area contributed by atoms with E-state index in [0.29, 0.717) is 42.3 Å². The normalized spacial score (nSPS) is 15.0. The van der Waals surface area contributed by atoms with E-state index in [-0.39, 0.29) is 17.8 Å². The summed E-state index contributed by atoms with van der Waals surface area (Å²) in [6, 6.07) is 15.4. The second kappa shape index (κ2) is 13.0. The molecule has 12 heteroatoms. The third-order valence-electron chi connectivity index (χ3n) is 10.3. The molecule has 0 unspecified atom stereocenters. The van der Waals surface area contributed by atoms with Crippen LogP contribution in [0.1, 0.15) is 63.5 Å². The van der Waals surface area contributed by atoms with Crippen molar-refractivity contribution in [1.29, 1.82) is 0 Å². The largest absolute Gasteiger partial charge is 0.494 e. The number of amidine groups is 1. The predicted octanol–water partition coefficient (Wildman–Crippen LogP) is 8.40. The molecule has 0 spiro atoms. The highest BCUT2D eigenvalue weighted by atomic mass is 35.5. The molecule has 1 aliphatic rings. The van der Waals surface area contributed by atoms with Crippen LogP contribution < -0.4 is 15.4 Å². The lowest BCUT2D eigenvalue weighted by atomic mass is 9.98. The molecule has 3 aromatic heterocycles. The number of carbonyl (C=O) groups excluding carboxylic acids is 1. The first kappa shape index (κ1) is 34.5. The number of anilines is 1. The molecular weight excluding hydrogens is 685 g/mol. The number of halogens is 2. The van der Waals surface area contributed by atoms with Gasteiger partial charge >= 0.3 is 0 Å². The highest BCUT2D eigenvalue weighted by Gasteiger charge is 2.37. The van der Waals surface area contributed by atoms with Gasteiger partial charge in [0.15, 0.2) is 5.84 Å². The molecule has 1 atom stereocenters. The molecule has 0 radical (unpaired) electrons. The summed E-state index contributed by atoms with van der Waals surface area (Å²) in [4.78, 5) is 16.8. The zero-order valence-corrected chi connectivity index (χ0v) is 31.3. The summed E-state index contributed by atoms with van der Waals surface area (Å²) in [5.41, 5.74) is 15.6. The van der Waals surface area contributed by atoms with Crippen molar-refractivity contribution >= 4 is 62.6 Å². The van der Waals surface area contributed by atoms with E-state index < -0.39 is 0 Å². The fourth-order valence-corrected chi connectivity index (χ4v) is 8.07. The Morgan fingerprint density at radius 3 is 2.43 bits per heavy atom. The van der Waals surface area contributed by atoms with Crippen LogP contribution in [0.4, 0.5) is 5.82 Å². The molecule has 0 saturated carbocycles. The number of carbonyl (C=O) groups is 1. The summed E-state index contributed by atoms with van der Waals surface area (Å²) in [6.45, 7) is 11.1. The zero-order valence-electron chi connectivity index (χ0n) is 29.8. The minimum absolute atomic E-state index is 0.0235. The number of aromatic nitrogens is 4. The Kier molecular flexibility index (Phi) is 8.80. The fraction of sp³-hybridized carbons (Fsp3) is 0.308. The molecule has 0 aliphatic carbocycles. The standard InChI is InChI=1S/C39H41Cl2N7O3/c1-20-15-27(16-21(2)35(20)41)51-14-8-9-28-29-12-13-30(40)34(33-23(4)43-46(7)24(33)5)36(29)48-22(3)19-47(39(49)37(28)48)32-18-25-10-11-26(38(42)44-50)17-31(25)45(32)6/h10-13,15-18,22,50H,8-9,14,19H2,1-7H3,(H2,42,44)/t22-/m1/s1. The van der Waals surface area contributed by atoms with Crippen molar-refractivity contribution in [3.05, 3.63) is 97.9 Å². The number of hydrogen-bond acceptors (Lipinski definition) is 5. The van der Waals surface area contributed by atoms with Crippen LogP contribution in [0.15, 0.2) is 53.7 Å². The average molecular weight is 727 g/mol. The van der Waals surface area contributed by atoms with E-state index in [0.717, 1.165) is 77.6 Å². The summed E-state index contributed by atoms with van der Waals surface area (Å²) < 4.78 is 12.3. The third kappa shape index (κ3) is 5.61. The molecule has 7 rings (SSSR count). The van der Waals surface area contributed by atoms with E-state index in [2.05, 4.69) is 16.6 Å². The van der Waals surface area contributed by atoms with Gasteiger partial charge in [0.25, 0.3) is 5.91 Å². The van der Waals surface area contributed by atoms with Crippen molar-refractivity contribution < 1.29 is 14.7 Å². The quantitative estimate of drug-likeness (QED) is 0.0538. The molecule has 0 fully saturated rings. The Morgan fingerprint density at radius 2 is 1.76 bits per heavy atom. The van der Waals surface area contributed by atoms with Crippen LogP contribution in [0.5, 0.6) is 5.75 Å². The minimum atomic E-state index is -0.0922. The van der Waals surface area contributed by atoms with Crippen molar-refractivity contribution in [3.8, 4) is 16.9 Å². The smallest absolute Gasteiger partial charge is 0.276 e. The molecule has 3 N–H and O–H groups in total. The van der Waals surface area contributed by atoms with Crippen LogP contribution in [-0.4, -0.2) is 49.0 Å². The maximum Gasteiger partial charge on any atom is 0.276 e. The van der Waals surface area contributed by atoms with Gasteiger partial charge in [-0.1, -0.05) is 46.6 Å². The van der Waals surface area contributed by atoms with Crippen LogP contribution in [0.3, 0.4) is 0 Å². The maximum atomic E-state index is 15.0. The first-order valence-electron chi connectivity index (χ1n) is 17.0. The molecule has 6 aromatic rings. The highest BCUT2D eigenvalue weighted by molar-refractivity contribution is 6.35. The maximum absolute atomic E-state index is 15.0. The summed E-state index contributed by atoms with van der Waals surface area (Å²) in [6.07, 6.45) is 1.29. The van der Waals surface area contributed by atoms with E-state index in [4.69, 9.17) is 38.8 Å². The molecule has 4 heterocycles. The van der Waals surface area contributed by atoms with Crippen LogP contribution in [-0.2, 0) is 20.5 Å². The Labute approximate surface area is 306 Å². The lowest BCUT2D eigenvalue weighted by Gasteiger charge is -2.34. The van der Waals surface area contributed by atoms with Gasteiger partial charge in [-0.15, -0.1) is 0 Å². The van der Waals surface area contributed by atoms with Crippen LogP contribution in [0.25, 0.3) is 32.9 Å². The molecule has 3 aromatic carbocycles. The van der Waals surface area contributed by atoms with Gasteiger partial charge < -0.3 is 24.8 Å². The Balaban J connectivity index is 1.36. The van der Waals surface area contributed by atoms with Crippen LogP contribution >= 0.6 is 23.2 Å². The van der Waals surface area contributed by atoms with Gasteiger partial charge in [-0.05, 0) is 94.5 Å². The number of nitrogens with two attached hydrogens (primary N) is 1. The first-order chi connectivity index (χ1) is 24.3. The lowest BCUT2D eigenvalue weighted by Crippen LogP contribution is -2.43. The van der Waals surface area contributed by atoms with Crippen molar-refractivity contribution in [1.82, 2.24) is 18.9 Å². The Bertz CT molecular complexity index is 2400. The number of nitrogens with zero attached hydrogens (tertiary/aromatic N) is 6. The topological polar surface area (TPSA) is 116 Å². The predicted molar refractivity (Wildman–Crippen MR) is 205 cm³/mol. The van der Waals surface area contributed by atoms with Crippen molar-refractivity contribution in [2.75, 3.05) is 18.1 Å². The van der Waals surface area contributed by atoms with E-state index in [1.165, 1.54) is 0 Å². The van der Waals surface area contributed by atoms with Gasteiger partial charge in [-0.25, -0.2) is 0 Å². The molecule has 10 nitrogen and oxygen atoms in total. The number of aryl methyl sites for hydroxylation is 6. The van der Waals surface area contributed by atoms with Gasteiger partial charge in [-0.3, -0.25) is 14.4 Å². The number of fused-ring (bicyclic) bond motifs is 4. The van der Waals surface area contributed by atoms with Gasteiger partial charge in [0.05, 0.1) is 28.4 Å². The van der Waals surface area contributed by atoms with Gasteiger partial charge in [0, 0.05) is 64.9 Å². The van der Waals surface area contributed by atoms with E-state index in [1.54, 1.807) is 6.07 Å². The summed E-state index contributed by atoms with van der Waals surface area (Å²) in [5.74, 6) is 1.47. The van der Waals surface area contributed by atoms with Crippen molar-refractivity contribution in [2.24, 2.45) is 25.0 Å². The monoisotopic (exact) mass is 725 g/mol. The fourth-order valence-electron chi connectivity index (χ4n) is 7.72. The van der Waals surface area contributed by atoms with Gasteiger partial charge in [-0.2, -0.15) is 5.10 Å². The second-order valence-corrected chi connectivity index (χ2v) is 14.4. The lowest BCUT2D eigenvalue weighted by molar-refractivity contribution is 0.0956. The molecule has 1 aliphatic heterocycles. The number of oxime groups is 1. The van der Waals surface area contributed by atoms with E-state index in [9.17, 15) is 10.0 Å². The van der Waals surface area contributed by atoms with Crippen molar-refractivity contribution in [2.45, 2.75) is 53.5 Å². The van der Waals surface area contributed by atoms with Crippen LogP contribution in [0, 0.1) is 27.7 Å². The zero-order chi connectivity index (χ0) is 36.5. The first-order valence-corrected chi connectivity index (χ1v) is 17.7. The van der Waals surface area contributed by atoms with Crippen LogP contribution in [0.2, 0.25) is 10.0 Å². The SMILES string of the molecule is Cc1cc(OCCCc2c3n(c4c(-c5c(C)nn(C)c5C)c(Cl)ccc24)[C@H](C)CN(c2cc4ccc(/C(N)=N/O)cc4n2C)C3=O)cc(C)c1Cl. The molecule has 0 bridgehead atoms. The number of amides is 1. The summed E-state index contributed by atoms with van der Waals surface area (Å²) >= 11 is 13.5. The van der Waals surface area contributed by atoms with E-state index >= 15 is 0 Å². The molecule has 51 heavy (non-hydrogen) atoms. The van der Waals surface area contributed by atoms with E-state index in [1.807, 2.05) is 98.4 Å². The summed E-state index contributed by atoms with van der Waals surface area (Å²) in [7, 11) is 3.87. The molecule has 1 amide bonds. The highest BCUT2D eigenvalue weighted by Crippen LogP contribution is 2.45. The molecule has 0 saturated heterocycles. The second-order valence-electron chi connectivity index (χ2n) is 13.6. The average Bonchev–Trinajstić information content (AvgIpc) is 3.70. The number of rotatable bonds is 8. The third-order valence-corrected chi connectivity index (χ3v) is 11.2. The summed E-state index contributed by atoms with van der Waals surface area (Å²) in [5, 5.41) is 20.4. The Hall–Kier alpha value is -4.93. The molecule has 264 valence electrons. The van der Waals surface area contributed by atoms with Gasteiger partial charge in [0.2, 0.25) is 0 Å². The number of benzene rings is 3. The number of hydrogen-bond donors (Lipinski definition) is 2. The minimum Gasteiger partial charge on any atom is -0.494 e. The number of ether oxygens (including phenoxy) is 1. The van der Waals surface area contributed by atoms with Crippen molar-refractivity contribution in [3.63, 3.8) is 0 Å². The molecular formula is C39H41Cl2N7O3. The van der Waals surface area contributed by atoms with Gasteiger partial charge in [0.1, 0.15) is 17.3 Å². The Morgan fingerprint density at radius 1 is 1.04 bits per heavy atom.